The minimum absolute atomic E-state index is 0.348. The molecule has 21 heavy (non-hydrogen) atoms. The molecular formula is C18H40OSSn. The van der Waals surface area contributed by atoms with Gasteiger partial charge in [0.1, 0.15) is 0 Å². The Bertz CT molecular complexity index is 205. The standard InChI is InChI=1S/C15H30OS.3CH3.Sn.H/c1-3-5-6-7-8-9-10-11-12-13-14-17-15(16)4-2;;;;;/h3-14H2,1-2H3;3*1H3;;. The topological polar surface area (TPSA) is 17.1 Å². The molecule has 0 N–H and O–H groups in total. The molecule has 0 aliphatic rings. The fourth-order valence-corrected chi connectivity index (χ4v) is 2.66. The number of carbonyl (C=O) groups is 1. The Labute approximate surface area is 146 Å². The molecular weight excluding hydrogens is 383 g/mol. The van der Waals surface area contributed by atoms with E-state index in [-0.39, 0.29) is 0 Å². The summed E-state index contributed by atoms with van der Waals surface area (Å²) >= 11 is 0.878. The van der Waals surface area contributed by atoms with Gasteiger partial charge in [-0.15, -0.1) is 0 Å². The van der Waals surface area contributed by atoms with Crippen LogP contribution in [0.15, 0.2) is 0 Å². The molecule has 0 bridgehead atoms. The quantitative estimate of drug-likeness (QED) is 0.257. The number of carbonyl (C=O) groups excluding carboxylic acids is 1. The summed E-state index contributed by atoms with van der Waals surface area (Å²) in [6, 6.07) is 0. The number of hydrogen-bond donors (Lipinski definition) is 0. The van der Waals surface area contributed by atoms with Crippen molar-refractivity contribution in [3.8, 4) is 0 Å². The maximum absolute atomic E-state index is 11.0. The van der Waals surface area contributed by atoms with Gasteiger partial charge in [0, 0.05) is 12.2 Å². The molecule has 0 aliphatic heterocycles. The summed E-state index contributed by atoms with van der Waals surface area (Å²) in [4.78, 5) is 18.2. The van der Waals surface area contributed by atoms with E-state index in [1.54, 1.807) is 0 Å². The first-order valence-corrected chi connectivity index (χ1v) is 20.1. The summed E-state index contributed by atoms with van der Waals surface area (Å²) < 4.78 is 0. The van der Waals surface area contributed by atoms with E-state index in [4.69, 9.17) is 0 Å². The van der Waals surface area contributed by atoms with Crippen LogP contribution >= 0.6 is 11.8 Å². The van der Waals surface area contributed by atoms with Gasteiger partial charge >= 0.3 is 34.6 Å². The summed E-state index contributed by atoms with van der Waals surface area (Å²) in [7, 11) is 0. The number of unbranched alkanes of at least 4 members (excludes halogenated alkanes) is 9. The van der Waals surface area contributed by atoms with Gasteiger partial charge in [0.15, 0.2) is 5.12 Å². The van der Waals surface area contributed by atoms with Gasteiger partial charge < -0.3 is 0 Å². The van der Waals surface area contributed by atoms with Gasteiger partial charge in [-0.2, -0.15) is 0 Å². The van der Waals surface area contributed by atoms with Crippen LogP contribution in [-0.2, 0) is 4.79 Å². The monoisotopic (exact) mass is 424 g/mol. The minimum atomic E-state index is -0.637. The Hall–Kier alpha value is 0.819. The van der Waals surface area contributed by atoms with Crippen LogP contribution in [0.25, 0.3) is 0 Å². The molecule has 0 fully saturated rings. The van der Waals surface area contributed by atoms with Crippen molar-refractivity contribution in [3.05, 3.63) is 0 Å². The van der Waals surface area contributed by atoms with Gasteiger partial charge in [0.2, 0.25) is 0 Å². The zero-order chi connectivity index (χ0) is 16.3. The number of hydrogen-bond acceptors (Lipinski definition) is 2. The second-order valence-electron chi connectivity index (χ2n) is 6.49. The molecule has 128 valence electrons. The third-order valence-corrected chi connectivity index (χ3v) is 4.15. The van der Waals surface area contributed by atoms with Crippen molar-refractivity contribution in [1.29, 1.82) is 0 Å². The van der Waals surface area contributed by atoms with Crippen molar-refractivity contribution in [3.63, 3.8) is 0 Å². The van der Waals surface area contributed by atoms with Crippen molar-refractivity contribution < 1.29 is 4.79 Å². The van der Waals surface area contributed by atoms with Gasteiger partial charge in [-0.05, 0) is 6.42 Å². The molecule has 0 saturated heterocycles. The first kappa shape index (κ1) is 24.1. The molecule has 0 atom stereocenters. The molecule has 0 unspecified atom stereocenters. The van der Waals surface area contributed by atoms with Crippen LogP contribution in [-0.4, -0.2) is 30.6 Å². The van der Waals surface area contributed by atoms with Crippen LogP contribution in [0.4, 0.5) is 0 Å². The fraction of sp³-hybridized carbons (Fsp3) is 0.944. The molecule has 0 radical (unpaired) electrons. The number of thioether (sulfide) groups is 1. The van der Waals surface area contributed by atoms with E-state index in [9.17, 15) is 4.79 Å². The Kier molecular flexibility index (Phi) is 23.9. The fourth-order valence-electron chi connectivity index (χ4n) is 1.88. The van der Waals surface area contributed by atoms with Crippen molar-refractivity contribution in [2.75, 3.05) is 5.75 Å². The Morgan fingerprint density at radius 1 is 0.762 bits per heavy atom. The third-order valence-electron chi connectivity index (χ3n) is 3.05. The van der Waals surface area contributed by atoms with Crippen LogP contribution in [0.2, 0.25) is 14.8 Å². The molecule has 0 rings (SSSR count). The predicted octanol–water partition coefficient (Wildman–Crippen LogP) is 6.68. The Balaban J connectivity index is 0. The average molecular weight is 423 g/mol. The predicted molar refractivity (Wildman–Crippen MR) is 104 cm³/mol. The third kappa shape index (κ3) is 29.5. The summed E-state index contributed by atoms with van der Waals surface area (Å²) in [5.41, 5.74) is 0. The second kappa shape index (κ2) is 20.8. The van der Waals surface area contributed by atoms with Gasteiger partial charge in [0.25, 0.3) is 0 Å². The van der Waals surface area contributed by atoms with E-state index in [2.05, 4.69) is 21.7 Å². The van der Waals surface area contributed by atoms with Crippen LogP contribution in [0, 0.1) is 0 Å². The molecule has 0 aromatic rings. The van der Waals surface area contributed by atoms with Crippen LogP contribution < -0.4 is 0 Å². The molecule has 0 heterocycles. The SMILES string of the molecule is CCCCCCCCCCCCSC(=O)CC.[CH3][SnH]([CH3])[CH3]. The summed E-state index contributed by atoms with van der Waals surface area (Å²) in [5.74, 6) is 1.03. The average Bonchev–Trinajstić information content (AvgIpc) is 2.43. The van der Waals surface area contributed by atoms with E-state index in [1.807, 2.05) is 6.92 Å². The Morgan fingerprint density at radius 3 is 1.52 bits per heavy atom. The van der Waals surface area contributed by atoms with E-state index in [0.717, 1.165) is 5.75 Å². The summed E-state index contributed by atoms with van der Waals surface area (Å²) in [5, 5.41) is 0.348. The Morgan fingerprint density at radius 2 is 1.14 bits per heavy atom. The van der Waals surface area contributed by atoms with E-state index >= 15 is 0 Å². The summed E-state index contributed by atoms with van der Waals surface area (Å²) in [6.07, 6.45) is 14.4. The van der Waals surface area contributed by atoms with E-state index in [1.165, 1.54) is 76.0 Å². The van der Waals surface area contributed by atoms with Crippen LogP contribution in [0.5, 0.6) is 0 Å². The molecule has 0 saturated carbocycles. The van der Waals surface area contributed by atoms with Gasteiger partial charge in [-0.25, -0.2) is 0 Å². The molecule has 0 amide bonds. The van der Waals surface area contributed by atoms with Gasteiger partial charge in [-0.3, -0.25) is 4.79 Å². The zero-order valence-corrected chi connectivity index (χ0v) is 19.5. The van der Waals surface area contributed by atoms with Crippen molar-refractivity contribution in [2.24, 2.45) is 0 Å². The molecule has 0 aromatic heterocycles. The van der Waals surface area contributed by atoms with Crippen LogP contribution in [0.1, 0.15) is 84.5 Å². The number of rotatable bonds is 12. The zero-order valence-electron chi connectivity index (χ0n) is 15.4. The first-order chi connectivity index (χ1) is 10.0. The summed E-state index contributed by atoms with van der Waals surface area (Å²) in [6.45, 7) is 4.20. The van der Waals surface area contributed by atoms with Crippen LogP contribution in [0.3, 0.4) is 0 Å². The second-order valence-corrected chi connectivity index (χ2v) is 17.5. The maximum atomic E-state index is 11.0. The van der Waals surface area contributed by atoms with Gasteiger partial charge in [-0.1, -0.05) is 83.4 Å². The van der Waals surface area contributed by atoms with Crippen molar-refractivity contribution >= 4 is 36.6 Å². The molecule has 0 spiro atoms. The molecule has 0 aromatic carbocycles. The normalized spacial score (nSPS) is 10.4. The van der Waals surface area contributed by atoms with Crippen molar-refractivity contribution in [1.82, 2.24) is 0 Å². The molecule has 3 heteroatoms. The van der Waals surface area contributed by atoms with Gasteiger partial charge in [0.05, 0.1) is 0 Å². The van der Waals surface area contributed by atoms with Crippen molar-refractivity contribution in [2.45, 2.75) is 99.3 Å². The molecule has 0 aliphatic carbocycles. The first-order valence-electron chi connectivity index (χ1n) is 9.20. The molecule has 1 nitrogen and oxygen atoms in total. The van der Waals surface area contributed by atoms with E-state index < -0.39 is 19.8 Å². The van der Waals surface area contributed by atoms with E-state index in [0.29, 0.717) is 11.5 Å².